The summed E-state index contributed by atoms with van der Waals surface area (Å²) in [6.45, 7) is 3.71. The number of hydrogen-bond donors (Lipinski definition) is 0. The van der Waals surface area contributed by atoms with Crippen LogP contribution in [0.2, 0.25) is 0 Å². The first kappa shape index (κ1) is 19.7. The van der Waals surface area contributed by atoms with Crippen LogP contribution in [0.1, 0.15) is 44.1 Å². The molecular weight excluding hydrogens is 336 g/mol. The Morgan fingerprint density at radius 1 is 0.880 bits per heavy atom. The molecule has 5 heteroatoms. The second-order valence-electron chi connectivity index (χ2n) is 6.65. The molecule has 2 amide bonds. The lowest BCUT2D eigenvalue weighted by molar-refractivity contribution is -0.148. The number of carbonyl (C=O) groups is 2. The van der Waals surface area contributed by atoms with Crippen molar-refractivity contribution >= 4 is 29.8 Å². The summed E-state index contributed by atoms with van der Waals surface area (Å²) in [5.41, 5.74) is 2.77. The summed E-state index contributed by atoms with van der Waals surface area (Å²) >= 11 is 0. The van der Waals surface area contributed by atoms with Gasteiger partial charge in [0.2, 0.25) is 11.8 Å². The lowest BCUT2D eigenvalue weighted by Crippen LogP contribution is -2.40. The molecule has 0 unspecified atom stereocenters. The van der Waals surface area contributed by atoms with E-state index in [2.05, 4.69) is 41.3 Å². The molecule has 0 aromatic heterocycles. The van der Waals surface area contributed by atoms with Gasteiger partial charge in [-0.1, -0.05) is 36.4 Å². The number of amides is 2. The van der Waals surface area contributed by atoms with E-state index in [9.17, 15) is 9.59 Å². The molecule has 0 bridgehead atoms. The first-order chi connectivity index (χ1) is 11.7. The maximum atomic E-state index is 11.8. The SMILES string of the molecule is Cl.O=C1CCCC(=O)N1CCCCN1CC=C(c2ccccc2)CC1. The summed E-state index contributed by atoms with van der Waals surface area (Å²) in [6.07, 6.45) is 7.15. The summed E-state index contributed by atoms with van der Waals surface area (Å²) in [6, 6.07) is 10.6. The average molecular weight is 363 g/mol. The second-order valence-corrected chi connectivity index (χ2v) is 6.65. The van der Waals surface area contributed by atoms with Gasteiger partial charge in [0.25, 0.3) is 0 Å². The van der Waals surface area contributed by atoms with Crippen LogP contribution in [0, 0.1) is 0 Å². The Balaban J connectivity index is 0.00000225. The normalized spacial score (nSPS) is 18.7. The number of benzene rings is 1. The average Bonchev–Trinajstić information content (AvgIpc) is 2.62. The van der Waals surface area contributed by atoms with E-state index in [0.29, 0.717) is 19.4 Å². The predicted molar refractivity (Wildman–Crippen MR) is 103 cm³/mol. The van der Waals surface area contributed by atoms with Crippen LogP contribution in [0.15, 0.2) is 36.4 Å². The van der Waals surface area contributed by atoms with E-state index in [4.69, 9.17) is 0 Å². The third kappa shape index (κ3) is 5.41. The molecule has 0 radical (unpaired) electrons. The zero-order valence-corrected chi connectivity index (χ0v) is 15.5. The first-order valence-corrected chi connectivity index (χ1v) is 9.04. The van der Waals surface area contributed by atoms with Crippen LogP contribution in [0.3, 0.4) is 0 Å². The van der Waals surface area contributed by atoms with E-state index in [1.54, 1.807) is 0 Å². The van der Waals surface area contributed by atoms with Gasteiger partial charge in [0.1, 0.15) is 0 Å². The van der Waals surface area contributed by atoms with E-state index in [1.165, 1.54) is 16.0 Å². The molecule has 4 nitrogen and oxygen atoms in total. The Labute approximate surface area is 156 Å². The van der Waals surface area contributed by atoms with Crippen molar-refractivity contribution in [2.24, 2.45) is 0 Å². The molecule has 1 aromatic carbocycles. The van der Waals surface area contributed by atoms with Gasteiger partial charge in [-0.05, 0) is 43.4 Å². The molecule has 2 aliphatic heterocycles. The van der Waals surface area contributed by atoms with Crippen molar-refractivity contribution in [3.8, 4) is 0 Å². The summed E-state index contributed by atoms with van der Waals surface area (Å²) in [7, 11) is 0. The molecule has 0 N–H and O–H groups in total. The van der Waals surface area contributed by atoms with Gasteiger partial charge in [-0.15, -0.1) is 12.4 Å². The molecule has 1 aromatic rings. The van der Waals surface area contributed by atoms with E-state index in [-0.39, 0.29) is 24.2 Å². The van der Waals surface area contributed by atoms with Gasteiger partial charge in [-0.2, -0.15) is 0 Å². The van der Waals surface area contributed by atoms with Crippen LogP contribution >= 0.6 is 12.4 Å². The molecule has 0 saturated carbocycles. The maximum Gasteiger partial charge on any atom is 0.229 e. The fraction of sp³-hybridized carbons (Fsp3) is 0.500. The fourth-order valence-electron chi connectivity index (χ4n) is 3.48. The predicted octanol–water partition coefficient (Wildman–Crippen LogP) is 3.52. The lowest BCUT2D eigenvalue weighted by Gasteiger charge is -2.27. The standard InChI is InChI=1S/C20H26N2O2.ClH/c23-19-9-6-10-20(24)22(19)14-5-4-13-21-15-11-18(12-16-21)17-7-2-1-3-8-17;/h1-3,7-8,11H,4-6,9-10,12-16H2;1H. The smallest absolute Gasteiger partial charge is 0.229 e. The topological polar surface area (TPSA) is 40.6 Å². The third-order valence-electron chi connectivity index (χ3n) is 4.93. The highest BCUT2D eigenvalue weighted by Gasteiger charge is 2.25. The minimum Gasteiger partial charge on any atom is -0.299 e. The van der Waals surface area contributed by atoms with Crippen molar-refractivity contribution in [1.82, 2.24) is 9.80 Å². The Hall–Kier alpha value is -1.65. The van der Waals surface area contributed by atoms with Crippen LogP contribution in [0.5, 0.6) is 0 Å². The monoisotopic (exact) mass is 362 g/mol. The zero-order chi connectivity index (χ0) is 16.8. The Bertz CT molecular complexity index is 599. The van der Waals surface area contributed by atoms with Crippen LogP contribution < -0.4 is 0 Å². The number of unbranched alkanes of at least 4 members (excludes halogenated alkanes) is 1. The highest BCUT2D eigenvalue weighted by atomic mass is 35.5. The summed E-state index contributed by atoms with van der Waals surface area (Å²) in [5.74, 6) is 0.0271. The largest absolute Gasteiger partial charge is 0.299 e. The van der Waals surface area contributed by atoms with Gasteiger partial charge < -0.3 is 0 Å². The van der Waals surface area contributed by atoms with Gasteiger partial charge in [0, 0.05) is 32.5 Å². The molecule has 136 valence electrons. The second kappa shape index (κ2) is 9.73. The summed E-state index contributed by atoms with van der Waals surface area (Å²) < 4.78 is 0. The van der Waals surface area contributed by atoms with Gasteiger partial charge in [-0.3, -0.25) is 19.4 Å². The molecule has 3 rings (SSSR count). The minimum absolute atomic E-state index is 0. The van der Waals surface area contributed by atoms with Crippen LogP contribution in [-0.2, 0) is 9.59 Å². The molecule has 25 heavy (non-hydrogen) atoms. The molecule has 1 fully saturated rings. The number of carbonyl (C=O) groups excluding carboxylic acids is 2. The van der Waals surface area contributed by atoms with Gasteiger partial charge in [0.05, 0.1) is 0 Å². The highest BCUT2D eigenvalue weighted by Crippen LogP contribution is 2.22. The van der Waals surface area contributed by atoms with Crippen LogP contribution in [0.4, 0.5) is 0 Å². The van der Waals surface area contributed by atoms with Crippen molar-refractivity contribution in [1.29, 1.82) is 0 Å². The van der Waals surface area contributed by atoms with Crippen molar-refractivity contribution in [2.75, 3.05) is 26.2 Å². The van der Waals surface area contributed by atoms with Gasteiger partial charge >= 0.3 is 0 Å². The molecular formula is C20H27ClN2O2. The minimum atomic E-state index is 0. The van der Waals surface area contributed by atoms with Crippen molar-refractivity contribution in [3.05, 3.63) is 42.0 Å². The first-order valence-electron chi connectivity index (χ1n) is 9.04. The molecule has 1 saturated heterocycles. The summed E-state index contributed by atoms with van der Waals surface area (Å²) in [5, 5.41) is 0. The van der Waals surface area contributed by atoms with Crippen molar-refractivity contribution in [2.45, 2.75) is 38.5 Å². The number of imide groups is 1. The van der Waals surface area contributed by atoms with E-state index in [1.807, 2.05) is 0 Å². The number of likely N-dealkylation sites (tertiary alicyclic amines) is 1. The molecule has 2 heterocycles. The number of nitrogens with zero attached hydrogens (tertiary/aromatic N) is 2. The molecule has 0 atom stereocenters. The number of halogens is 1. The van der Waals surface area contributed by atoms with Crippen molar-refractivity contribution < 1.29 is 9.59 Å². The number of piperidine rings is 1. The van der Waals surface area contributed by atoms with Crippen molar-refractivity contribution in [3.63, 3.8) is 0 Å². The zero-order valence-electron chi connectivity index (χ0n) is 14.7. The Morgan fingerprint density at radius 3 is 2.20 bits per heavy atom. The molecule has 2 aliphatic rings. The van der Waals surface area contributed by atoms with Gasteiger partial charge in [-0.25, -0.2) is 0 Å². The Morgan fingerprint density at radius 2 is 1.56 bits per heavy atom. The van der Waals surface area contributed by atoms with Crippen LogP contribution in [-0.4, -0.2) is 47.8 Å². The Kier molecular flexibility index (Phi) is 7.66. The number of hydrogen-bond acceptors (Lipinski definition) is 3. The quantitative estimate of drug-likeness (QED) is 0.574. The third-order valence-corrected chi connectivity index (χ3v) is 4.93. The molecule has 0 spiro atoms. The lowest BCUT2D eigenvalue weighted by atomic mass is 9.99. The molecule has 0 aliphatic carbocycles. The number of rotatable bonds is 6. The van der Waals surface area contributed by atoms with E-state index >= 15 is 0 Å². The van der Waals surface area contributed by atoms with Crippen LogP contribution in [0.25, 0.3) is 5.57 Å². The van der Waals surface area contributed by atoms with E-state index < -0.39 is 0 Å². The fourth-order valence-corrected chi connectivity index (χ4v) is 3.48. The maximum absolute atomic E-state index is 11.8. The van der Waals surface area contributed by atoms with E-state index in [0.717, 1.165) is 45.3 Å². The van der Waals surface area contributed by atoms with Gasteiger partial charge in [0.15, 0.2) is 0 Å². The highest BCUT2D eigenvalue weighted by molar-refractivity contribution is 5.97. The summed E-state index contributed by atoms with van der Waals surface area (Å²) in [4.78, 5) is 27.4.